The molecule has 0 N–H and O–H groups in total. The van der Waals surface area contributed by atoms with Crippen LogP contribution in [0.2, 0.25) is 10.0 Å². The molecule has 6 nitrogen and oxygen atoms in total. The molecule has 0 heterocycles. The van der Waals surface area contributed by atoms with Crippen LogP contribution in [0.15, 0.2) is 0 Å². The van der Waals surface area contributed by atoms with Gasteiger partial charge in [0, 0.05) is 0 Å². The molecule has 94 valence electrons. The van der Waals surface area contributed by atoms with Crippen LogP contribution in [0.25, 0.3) is 0 Å². The van der Waals surface area contributed by atoms with Crippen molar-refractivity contribution in [3.05, 3.63) is 20.2 Å². The third kappa shape index (κ3) is 2.18. The quantitative estimate of drug-likeness (QED) is 0.627. The first-order valence-corrected chi connectivity index (χ1v) is 5.06. The predicted octanol–water partition coefficient (Wildman–Crippen LogP) is 2.93. The maximum Gasteiger partial charge on any atom is 0.355 e. The molecule has 0 bridgehead atoms. The number of benzene rings is 1. The molecule has 17 heavy (non-hydrogen) atoms. The van der Waals surface area contributed by atoms with E-state index < -0.39 is 10.6 Å². The summed E-state index contributed by atoms with van der Waals surface area (Å²) in [5, 5.41) is 10.8. The van der Waals surface area contributed by atoms with Crippen LogP contribution in [-0.2, 0) is 0 Å². The van der Waals surface area contributed by atoms with E-state index in [0.29, 0.717) is 0 Å². The molecular formula is C9H9Cl2NO5. The van der Waals surface area contributed by atoms with E-state index in [1.165, 1.54) is 21.3 Å². The van der Waals surface area contributed by atoms with Crippen molar-refractivity contribution < 1.29 is 19.1 Å². The molecule has 0 aromatic heterocycles. The normalized spacial score (nSPS) is 9.94. The Labute approximate surface area is 107 Å². The molecule has 0 atom stereocenters. The van der Waals surface area contributed by atoms with Crippen LogP contribution < -0.4 is 14.2 Å². The van der Waals surface area contributed by atoms with Gasteiger partial charge >= 0.3 is 5.69 Å². The third-order valence-electron chi connectivity index (χ3n) is 2.02. The molecule has 0 radical (unpaired) electrons. The summed E-state index contributed by atoms with van der Waals surface area (Å²) < 4.78 is 14.7. The van der Waals surface area contributed by atoms with Gasteiger partial charge in [0.2, 0.25) is 11.5 Å². The van der Waals surface area contributed by atoms with Crippen LogP contribution in [0, 0.1) is 10.1 Å². The monoisotopic (exact) mass is 281 g/mol. The lowest BCUT2D eigenvalue weighted by atomic mass is 10.2. The fourth-order valence-corrected chi connectivity index (χ4v) is 2.06. The van der Waals surface area contributed by atoms with Crippen molar-refractivity contribution in [2.75, 3.05) is 21.3 Å². The molecule has 1 rings (SSSR count). The molecule has 0 aliphatic rings. The molecule has 1 aromatic rings. The van der Waals surface area contributed by atoms with Crippen LogP contribution >= 0.6 is 23.2 Å². The molecular weight excluding hydrogens is 273 g/mol. The van der Waals surface area contributed by atoms with Gasteiger partial charge in [-0.05, 0) is 0 Å². The van der Waals surface area contributed by atoms with Crippen molar-refractivity contribution in [1.82, 2.24) is 0 Å². The minimum absolute atomic E-state index is 0.0626. The Balaban J connectivity index is 3.74. The fraction of sp³-hybridized carbons (Fsp3) is 0.333. The molecule has 1 aromatic carbocycles. The van der Waals surface area contributed by atoms with Gasteiger partial charge in [-0.1, -0.05) is 23.2 Å². The first kappa shape index (κ1) is 13.7. The number of methoxy groups -OCH3 is 3. The topological polar surface area (TPSA) is 70.8 Å². The summed E-state index contributed by atoms with van der Waals surface area (Å²) in [5.74, 6) is -0.253. The number of ether oxygens (including phenoxy) is 3. The summed E-state index contributed by atoms with van der Waals surface area (Å²) in [4.78, 5) is 10.3. The van der Waals surface area contributed by atoms with E-state index in [2.05, 4.69) is 0 Å². The Morgan fingerprint density at radius 2 is 1.29 bits per heavy atom. The Hall–Kier alpha value is -1.40. The molecule has 0 amide bonds. The first-order chi connectivity index (χ1) is 7.99. The average Bonchev–Trinajstić information content (AvgIpc) is 2.28. The molecule has 0 aliphatic heterocycles. The maximum atomic E-state index is 11.0. The van der Waals surface area contributed by atoms with Crippen molar-refractivity contribution in [3.8, 4) is 17.2 Å². The second kappa shape index (κ2) is 5.29. The smallest absolute Gasteiger partial charge is 0.355 e. The van der Waals surface area contributed by atoms with Gasteiger partial charge in [0.25, 0.3) is 0 Å². The van der Waals surface area contributed by atoms with Crippen molar-refractivity contribution in [1.29, 1.82) is 0 Å². The number of rotatable bonds is 4. The molecule has 0 saturated carbocycles. The van der Waals surface area contributed by atoms with Crippen molar-refractivity contribution in [2.45, 2.75) is 0 Å². The SMILES string of the molecule is COc1c(Cl)c(OC)c([N+](=O)[O-])c(OC)c1Cl. The van der Waals surface area contributed by atoms with E-state index in [-0.39, 0.29) is 27.3 Å². The number of nitro groups is 1. The number of hydrogen-bond acceptors (Lipinski definition) is 5. The second-order valence-electron chi connectivity index (χ2n) is 2.83. The van der Waals surface area contributed by atoms with Gasteiger partial charge in [-0.25, -0.2) is 0 Å². The third-order valence-corrected chi connectivity index (χ3v) is 2.71. The summed E-state index contributed by atoms with van der Waals surface area (Å²) in [6, 6.07) is 0. The Morgan fingerprint density at radius 1 is 0.941 bits per heavy atom. The lowest BCUT2D eigenvalue weighted by molar-refractivity contribution is -0.386. The number of nitrogens with zero attached hydrogens (tertiary/aromatic N) is 1. The highest BCUT2D eigenvalue weighted by molar-refractivity contribution is 6.39. The second-order valence-corrected chi connectivity index (χ2v) is 3.59. The minimum Gasteiger partial charge on any atom is -0.493 e. The first-order valence-electron chi connectivity index (χ1n) is 4.30. The van der Waals surface area contributed by atoms with Gasteiger partial charge in [-0.2, -0.15) is 0 Å². The van der Waals surface area contributed by atoms with E-state index in [1.807, 2.05) is 0 Å². The molecule has 0 saturated heterocycles. The number of nitro benzene ring substituents is 1. The van der Waals surface area contributed by atoms with E-state index >= 15 is 0 Å². The van der Waals surface area contributed by atoms with Gasteiger partial charge in [0.1, 0.15) is 10.0 Å². The van der Waals surface area contributed by atoms with E-state index in [4.69, 9.17) is 37.4 Å². The zero-order valence-corrected chi connectivity index (χ0v) is 10.8. The van der Waals surface area contributed by atoms with Crippen molar-refractivity contribution >= 4 is 28.9 Å². The summed E-state index contributed by atoms with van der Waals surface area (Å²) >= 11 is 11.8. The Kier molecular flexibility index (Phi) is 4.25. The van der Waals surface area contributed by atoms with Crippen LogP contribution in [0.4, 0.5) is 5.69 Å². The molecule has 0 unspecified atom stereocenters. The number of hydrogen-bond donors (Lipinski definition) is 0. The highest BCUT2D eigenvalue weighted by Crippen LogP contribution is 2.53. The van der Waals surface area contributed by atoms with Gasteiger partial charge in [-0.3, -0.25) is 10.1 Å². The van der Waals surface area contributed by atoms with Gasteiger partial charge in [0.15, 0.2) is 5.75 Å². The molecule has 0 aliphatic carbocycles. The van der Waals surface area contributed by atoms with Crippen LogP contribution in [0.1, 0.15) is 0 Å². The lowest BCUT2D eigenvalue weighted by Crippen LogP contribution is -2.01. The highest BCUT2D eigenvalue weighted by Gasteiger charge is 2.32. The minimum atomic E-state index is -0.686. The molecule has 0 spiro atoms. The van der Waals surface area contributed by atoms with Crippen LogP contribution in [0.3, 0.4) is 0 Å². The zero-order chi connectivity index (χ0) is 13.2. The average molecular weight is 282 g/mol. The van der Waals surface area contributed by atoms with E-state index in [0.717, 1.165) is 0 Å². The predicted molar refractivity (Wildman–Crippen MR) is 62.8 cm³/mol. The number of halogens is 2. The van der Waals surface area contributed by atoms with E-state index in [1.54, 1.807) is 0 Å². The van der Waals surface area contributed by atoms with Crippen molar-refractivity contribution in [2.24, 2.45) is 0 Å². The largest absolute Gasteiger partial charge is 0.493 e. The van der Waals surface area contributed by atoms with Crippen molar-refractivity contribution in [3.63, 3.8) is 0 Å². The standard InChI is InChI=1S/C9H9Cl2NO5/c1-15-7-4(10)8(16-2)6(12(13)14)9(17-3)5(7)11/h1-3H3. The van der Waals surface area contributed by atoms with Crippen LogP contribution in [0.5, 0.6) is 17.2 Å². The maximum absolute atomic E-state index is 11.0. The Morgan fingerprint density at radius 3 is 1.53 bits per heavy atom. The van der Waals surface area contributed by atoms with Gasteiger partial charge in [-0.15, -0.1) is 0 Å². The summed E-state index contributed by atoms with van der Waals surface area (Å²) in [6.07, 6.45) is 0. The summed E-state index contributed by atoms with van der Waals surface area (Å²) in [5.41, 5.74) is -0.439. The fourth-order valence-electron chi connectivity index (χ4n) is 1.33. The highest BCUT2D eigenvalue weighted by atomic mass is 35.5. The Bertz CT molecular complexity index is 432. The van der Waals surface area contributed by atoms with Gasteiger partial charge < -0.3 is 14.2 Å². The van der Waals surface area contributed by atoms with E-state index in [9.17, 15) is 10.1 Å². The molecule has 8 heteroatoms. The summed E-state index contributed by atoms with van der Waals surface area (Å²) in [6.45, 7) is 0. The zero-order valence-electron chi connectivity index (χ0n) is 9.24. The molecule has 0 fully saturated rings. The summed E-state index contributed by atoms with van der Waals surface area (Å²) in [7, 11) is 3.83. The van der Waals surface area contributed by atoms with Crippen LogP contribution in [-0.4, -0.2) is 26.3 Å². The van der Waals surface area contributed by atoms with Gasteiger partial charge in [0.05, 0.1) is 26.3 Å². The lowest BCUT2D eigenvalue weighted by Gasteiger charge is -2.13.